The standard InChI is InChI=1S/C16H15ClN6O2/c1-18-15(24)13-9-22(7-11-4-5-19-23(11)13)16(25)12-8-21-6-10(17)2-3-14(21)20-12/h2-6,8,13H,7,9H2,1H3,(H,18,24). The number of pyridine rings is 1. The molecule has 8 nitrogen and oxygen atoms in total. The number of imidazole rings is 1. The molecule has 1 aliphatic heterocycles. The van der Waals surface area contributed by atoms with Crippen molar-refractivity contribution in [3.8, 4) is 0 Å². The van der Waals surface area contributed by atoms with E-state index in [4.69, 9.17) is 11.6 Å². The Kier molecular flexibility index (Phi) is 3.69. The second-order valence-corrected chi connectivity index (χ2v) is 6.26. The zero-order chi connectivity index (χ0) is 17.6. The zero-order valence-corrected chi connectivity index (χ0v) is 14.1. The van der Waals surface area contributed by atoms with Crippen molar-refractivity contribution in [1.82, 2.24) is 29.4 Å². The molecule has 0 fully saturated rings. The van der Waals surface area contributed by atoms with Crippen molar-refractivity contribution in [2.45, 2.75) is 12.6 Å². The number of halogens is 1. The fourth-order valence-corrected chi connectivity index (χ4v) is 3.21. The first-order chi connectivity index (χ1) is 12.1. The van der Waals surface area contributed by atoms with E-state index >= 15 is 0 Å². The second-order valence-electron chi connectivity index (χ2n) is 5.82. The van der Waals surface area contributed by atoms with Crippen LogP contribution in [0.3, 0.4) is 0 Å². The highest BCUT2D eigenvalue weighted by Gasteiger charge is 2.33. The summed E-state index contributed by atoms with van der Waals surface area (Å²) >= 11 is 5.97. The number of likely N-dealkylation sites (N-methyl/N-ethyl adjacent to an activating group) is 1. The number of rotatable bonds is 2. The molecular formula is C16H15ClN6O2. The molecule has 0 saturated carbocycles. The third kappa shape index (κ3) is 2.64. The molecule has 1 unspecified atom stereocenters. The molecule has 25 heavy (non-hydrogen) atoms. The lowest BCUT2D eigenvalue weighted by atomic mass is 10.1. The van der Waals surface area contributed by atoms with Crippen LogP contribution in [0.25, 0.3) is 5.65 Å². The molecule has 0 bridgehead atoms. The molecule has 4 heterocycles. The maximum absolute atomic E-state index is 12.9. The third-order valence-electron chi connectivity index (χ3n) is 4.26. The number of fused-ring (bicyclic) bond motifs is 2. The number of hydrogen-bond donors (Lipinski definition) is 1. The van der Waals surface area contributed by atoms with Gasteiger partial charge in [0.1, 0.15) is 17.4 Å². The fraction of sp³-hybridized carbons (Fsp3) is 0.250. The molecule has 0 aliphatic carbocycles. The predicted octanol–water partition coefficient (Wildman–Crippen LogP) is 1.13. The van der Waals surface area contributed by atoms with Gasteiger partial charge in [0.2, 0.25) is 5.91 Å². The molecule has 0 saturated heterocycles. The van der Waals surface area contributed by atoms with E-state index in [0.29, 0.717) is 22.9 Å². The SMILES string of the molecule is CNC(=O)C1CN(C(=O)c2cn3cc(Cl)ccc3n2)Cc2ccnn21. The molecule has 3 aromatic rings. The average Bonchev–Trinajstić information content (AvgIpc) is 3.25. The van der Waals surface area contributed by atoms with Gasteiger partial charge in [0.05, 0.1) is 23.8 Å². The second kappa shape index (κ2) is 5.89. The molecule has 1 N–H and O–H groups in total. The molecule has 3 aromatic heterocycles. The number of carbonyl (C=O) groups excluding carboxylic acids is 2. The highest BCUT2D eigenvalue weighted by molar-refractivity contribution is 6.30. The van der Waals surface area contributed by atoms with E-state index < -0.39 is 6.04 Å². The summed E-state index contributed by atoms with van der Waals surface area (Å²) in [6.45, 7) is 0.614. The predicted molar refractivity (Wildman–Crippen MR) is 90.3 cm³/mol. The third-order valence-corrected chi connectivity index (χ3v) is 4.49. The van der Waals surface area contributed by atoms with Crippen LogP contribution in [-0.2, 0) is 11.3 Å². The number of amides is 2. The Morgan fingerprint density at radius 3 is 2.92 bits per heavy atom. The molecular weight excluding hydrogens is 344 g/mol. The van der Waals surface area contributed by atoms with Crippen molar-refractivity contribution >= 4 is 29.1 Å². The van der Waals surface area contributed by atoms with Gasteiger partial charge < -0.3 is 14.6 Å². The lowest BCUT2D eigenvalue weighted by Crippen LogP contribution is -2.46. The van der Waals surface area contributed by atoms with Crippen LogP contribution < -0.4 is 5.32 Å². The van der Waals surface area contributed by atoms with Crippen LogP contribution in [0.15, 0.2) is 36.8 Å². The minimum Gasteiger partial charge on any atom is -0.357 e. The summed E-state index contributed by atoms with van der Waals surface area (Å²) in [4.78, 5) is 31.0. The van der Waals surface area contributed by atoms with Gasteiger partial charge in [0.25, 0.3) is 5.91 Å². The van der Waals surface area contributed by atoms with E-state index in [0.717, 1.165) is 5.69 Å². The Labute approximate surface area is 148 Å². The molecule has 1 atom stereocenters. The monoisotopic (exact) mass is 358 g/mol. The van der Waals surface area contributed by atoms with Gasteiger partial charge in [-0.25, -0.2) is 4.98 Å². The maximum Gasteiger partial charge on any atom is 0.274 e. The molecule has 0 aromatic carbocycles. The Hall–Kier alpha value is -2.87. The Morgan fingerprint density at radius 2 is 2.12 bits per heavy atom. The van der Waals surface area contributed by atoms with E-state index in [-0.39, 0.29) is 18.4 Å². The summed E-state index contributed by atoms with van der Waals surface area (Å²) < 4.78 is 3.37. The van der Waals surface area contributed by atoms with Crippen molar-refractivity contribution in [3.05, 3.63) is 53.2 Å². The van der Waals surface area contributed by atoms with Crippen LogP contribution in [0, 0.1) is 0 Å². The van der Waals surface area contributed by atoms with E-state index in [9.17, 15) is 9.59 Å². The summed E-state index contributed by atoms with van der Waals surface area (Å²) in [5.74, 6) is -0.426. The van der Waals surface area contributed by atoms with E-state index in [1.807, 2.05) is 0 Å². The minimum atomic E-state index is -0.556. The minimum absolute atomic E-state index is 0.191. The summed E-state index contributed by atoms with van der Waals surface area (Å²) in [6, 6.07) is 4.72. The quantitative estimate of drug-likeness (QED) is 0.744. The molecule has 9 heteroatoms. The van der Waals surface area contributed by atoms with E-state index in [2.05, 4.69) is 15.4 Å². The lowest BCUT2D eigenvalue weighted by Gasteiger charge is -2.32. The smallest absolute Gasteiger partial charge is 0.274 e. The van der Waals surface area contributed by atoms with Gasteiger partial charge >= 0.3 is 0 Å². The van der Waals surface area contributed by atoms with Gasteiger partial charge in [-0.05, 0) is 18.2 Å². The van der Waals surface area contributed by atoms with Gasteiger partial charge in [0.15, 0.2) is 0 Å². The normalized spacial score (nSPS) is 16.7. The van der Waals surface area contributed by atoms with Crippen LogP contribution in [-0.4, -0.2) is 49.5 Å². The first kappa shape index (κ1) is 15.6. The Bertz CT molecular complexity index is 978. The molecule has 4 rings (SSSR count). The topological polar surface area (TPSA) is 84.5 Å². The largest absolute Gasteiger partial charge is 0.357 e. The lowest BCUT2D eigenvalue weighted by molar-refractivity contribution is -0.125. The number of nitrogens with zero attached hydrogens (tertiary/aromatic N) is 5. The first-order valence-corrected chi connectivity index (χ1v) is 8.12. The zero-order valence-electron chi connectivity index (χ0n) is 13.4. The fourth-order valence-electron chi connectivity index (χ4n) is 3.04. The summed E-state index contributed by atoms with van der Waals surface area (Å²) in [6.07, 6.45) is 4.97. The number of hydrogen-bond acceptors (Lipinski definition) is 4. The van der Waals surface area contributed by atoms with Crippen molar-refractivity contribution < 1.29 is 9.59 Å². The molecule has 0 radical (unpaired) electrons. The van der Waals surface area contributed by atoms with Crippen LogP contribution in [0.1, 0.15) is 22.2 Å². The summed E-state index contributed by atoms with van der Waals surface area (Å²) in [5, 5.41) is 7.38. The number of aromatic nitrogens is 4. The van der Waals surface area contributed by atoms with Crippen LogP contribution in [0.4, 0.5) is 0 Å². The average molecular weight is 359 g/mol. The highest BCUT2D eigenvalue weighted by atomic mass is 35.5. The Morgan fingerprint density at radius 1 is 1.28 bits per heavy atom. The molecule has 128 valence electrons. The molecule has 0 spiro atoms. The molecule has 1 aliphatic rings. The number of nitrogens with one attached hydrogen (secondary N) is 1. The van der Waals surface area contributed by atoms with Crippen molar-refractivity contribution in [3.63, 3.8) is 0 Å². The number of carbonyl (C=O) groups is 2. The van der Waals surface area contributed by atoms with Crippen molar-refractivity contribution in [2.24, 2.45) is 0 Å². The van der Waals surface area contributed by atoms with E-state index in [1.54, 1.807) is 57.8 Å². The van der Waals surface area contributed by atoms with Gasteiger partial charge in [-0.2, -0.15) is 5.10 Å². The van der Waals surface area contributed by atoms with Crippen LogP contribution >= 0.6 is 11.6 Å². The Balaban J connectivity index is 1.66. The first-order valence-electron chi connectivity index (χ1n) is 7.74. The summed E-state index contributed by atoms with van der Waals surface area (Å²) in [5.41, 5.74) is 1.75. The van der Waals surface area contributed by atoms with Crippen LogP contribution in [0.2, 0.25) is 5.02 Å². The summed E-state index contributed by atoms with van der Waals surface area (Å²) in [7, 11) is 1.57. The van der Waals surface area contributed by atoms with Crippen molar-refractivity contribution in [1.29, 1.82) is 0 Å². The maximum atomic E-state index is 12.9. The van der Waals surface area contributed by atoms with Gasteiger partial charge in [-0.15, -0.1) is 0 Å². The van der Waals surface area contributed by atoms with Gasteiger partial charge in [0, 0.05) is 25.6 Å². The highest BCUT2D eigenvalue weighted by Crippen LogP contribution is 2.22. The van der Waals surface area contributed by atoms with Crippen molar-refractivity contribution in [2.75, 3.05) is 13.6 Å². The van der Waals surface area contributed by atoms with Gasteiger partial charge in [-0.3, -0.25) is 14.3 Å². The van der Waals surface area contributed by atoms with E-state index in [1.165, 1.54) is 0 Å². The van der Waals surface area contributed by atoms with Crippen LogP contribution in [0.5, 0.6) is 0 Å². The molecule has 2 amide bonds. The van der Waals surface area contributed by atoms with Gasteiger partial charge in [-0.1, -0.05) is 11.6 Å².